The topological polar surface area (TPSA) is 19.4 Å². The summed E-state index contributed by atoms with van der Waals surface area (Å²) in [5.74, 6) is 12.9. The van der Waals surface area contributed by atoms with Crippen LogP contribution in [0.25, 0.3) is 10.2 Å². The zero-order valence-corrected chi connectivity index (χ0v) is 18.9. The maximum absolute atomic E-state index is 4.64. The maximum atomic E-state index is 4.64. The van der Waals surface area contributed by atoms with Crippen LogP contribution >= 0.6 is 11.3 Å². The summed E-state index contributed by atoms with van der Waals surface area (Å²) in [5.41, 5.74) is 6.25. The molecule has 0 radical (unpaired) electrons. The molecule has 0 unspecified atom stereocenters. The first-order valence-corrected chi connectivity index (χ1v) is 10.8. The van der Waals surface area contributed by atoms with E-state index in [9.17, 15) is 0 Å². The molecule has 0 spiro atoms. The average Bonchev–Trinajstić information content (AvgIpc) is 3.19. The highest BCUT2D eigenvalue weighted by atomic mass is 32.1. The second-order valence-corrected chi connectivity index (χ2v) is 8.61. The van der Waals surface area contributed by atoms with Crippen molar-refractivity contribution in [1.82, 2.24) is 4.98 Å². The van der Waals surface area contributed by atoms with Crippen molar-refractivity contribution in [3.8, 4) is 23.7 Å². The van der Waals surface area contributed by atoms with Gasteiger partial charge in [0.15, 0.2) is 5.01 Å². The molecule has 0 N–H and O–H groups in total. The molecule has 1 aromatic heterocycles. The van der Waals surface area contributed by atoms with Crippen LogP contribution in [-0.4, -0.2) is 33.2 Å². The van der Waals surface area contributed by atoms with Crippen LogP contribution in [0.1, 0.15) is 21.7 Å². The highest BCUT2D eigenvalue weighted by molar-refractivity contribution is 7.19. The second kappa shape index (κ2) is 8.96. The number of rotatable bonds is 2. The molecule has 0 aliphatic heterocycles. The lowest BCUT2D eigenvalue weighted by molar-refractivity contribution is 1.13. The standard InChI is InChI=1S/C27H23N3S/c1-29(2)23-13-7-20(8-14-23)5-6-22-11-17-25-26(19-22)31-27(28-25)18-12-21-9-15-24(16-10-21)30(3)4/h7-11,13-17,19H,1-4H3. The van der Waals surface area contributed by atoms with E-state index in [4.69, 9.17) is 0 Å². The van der Waals surface area contributed by atoms with E-state index in [2.05, 4.69) is 68.8 Å². The molecular weight excluding hydrogens is 398 g/mol. The molecule has 3 aromatic carbocycles. The van der Waals surface area contributed by atoms with Gasteiger partial charge in [-0.3, -0.25) is 0 Å². The third kappa shape index (κ3) is 5.07. The molecule has 0 aliphatic rings. The molecule has 0 saturated carbocycles. The van der Waals surface area contributed by atoms with E-state index in [1.54, 1.807) is 11.3 Å². The fraction of sp³-hybridized carbons (Fsp3) is 0.148. The Morgan fingerprint density at radius 1 is 0.613 bits per heavy atom. The van der Waals surface area contributed by atoms with Crippen molar-refractivity contribution in [3.05, 3.63) is 88.4 Å². The van der Waals surface area contributed by atoms with E-state index in [1.165, 1.54) is 5.69 Å². The monoisotopic (exact) mass is 421 g/mol. The second-order valence-electron chi connectivity index (χ2n) is 7.58. The van der Waals surface area contributed by atoms with E-state index in [-0.39, 0.29) is 0 Å². The predicted octanol–water partition coefficient (Wildman–Crippen LogP) is 5.23. The predicted molar refractivity (Wildman–Crippen MR) is 133 cm³/mol. The normalized spacial score (nSPS) is 10.1. The van der Waals surface area contributed by atoms with Gasteiger partial charge in [-0.25, -0.2) is 4.98 Å². The first-order valence-electron chi connectivity index (χ1n) is 9.97. The molecule has 0 saturated heterocycles. The molecule has 3 nitrogen and oxygen atoms in total. The molecule has 0 aliphatic carbocycles. The number of hydrogen-bond donors (Lipinski definition) is 0. The van der Waals surface area contributed by atoms with E-state index < -0.39 is 0 Å². The fourth-order valence-electron chi connectivity index (χ4n) is 3.01. The SMILES string of the molecule is CN(C)c1ccc(C#Cc2ccc3nc(C#Cc4ccc(N(C)C)cc4)sc3c2)cc1. The highest BCUT2D eigenvalue weighted by Crippen LogP contribution is 2.23. The molecule has 4 rings (SSSR count). The summed E-state index contributed by atoms with van der Waals surface area (Å²) in [6.45, 7) is 0. The van der Waals surface area contributed by atoms with Crippen molar-refractivity contribution < 1.29 is 0 Å². The van der Waals surface area contributed by atoms with E-state index in [0.29, 0.717) is 0 Å². The molecule has 31 heavy (non-hydrogen) atoms. The lowest BCUT2D eigenvalue weighted by Gasteiger charge is -2.11. The first kappa shape index (κ1) is 20.5. The zero-order valence-electron chi connectivity index (χ0n) is 18.1. The Kier molecular flexibility index (Phi) is 5.94. The van der Waals surface area contributed by atoms with Gasteiger partial charge >= 0.3 is 0 Å². The van der Waals surface area contributed by atoms with Crippen molar-refractivity contribution in [3.63, 3.8) is 0 Å². The third-order valence-electron chi connectivity index (χ3n) is 4.82. The van der Waals surface area contributed by atoms with Gasteiger partial charge in [0.2, 0.25) is 0 Å². The van der Waals surface area contributed by atoms with Crippen LogP contribution in [0.2, 0.25) is 0 Å². The summed E-state index contributed by atoms with van der Waals surface area (Å²) in [7, 11) is 8.12. The number of hydrogen-bond acceptors (Lipinski definition) is 4. The summed E-state index contributed by atoms with van der Waals surface area (Å²) in [6.07, 6.45) is 0. The molecular formula is C27H23N3S. The minimum absolute atomic E-state index is 0.816. The Morgan fingerprint density at radius 2 is 1.10 bits per heavy atom. The largest absolute Gasteiger partial charge is 0.378 e. The molecule has 0 bridgehead atoms. The molecule has 1 heterocycles. The van der Waals surface area contributed by atoms with E-state index >= 15 is 0 Å². The van der Waals surface area contributed by atoms with Gasteiger partial charge in [-0.2, -0.15) is 0 Å². The van der Waals surface area contributed by atoms with Crippen LogP contribution in [0.5, 0.6) is 0 Å². The minimum atomic E-state index is 0.816. The van der Waals surface area contributed by atoms with Gasteiger partial charge in [0, 0.05) is 56.3 Å². The van der Waals surface area contributed by atoms with Gasteiger partial charge in [-0.15, -0.1) is 11.3 Å². The van der Waals surface area contributed by atoms with Gasteiger partial charge in [-0.05, 0) is 72.7 Å². The summed E-state index contributed by atoms with van der Waals surface area (Å²) in [6, 6.07) is 22.6. The molecule has 0 amide bonds. The van der Waals surface area contributed by atoms with Crippen molar-refractivity contribution in [2.24, 2.45) is 0 Å². The van der Waals surface area contributed by atoms with Gasteiger partial charge in [-0.1, -0.05) is 17.8 Å². The Bertz CT molecular complexity index is 1260. The van der Waals surface area contributed by atoms with Crippen LogP contribution in [0, 0.1) is 23.7 Å². The number of nitrogens with zero attached hydrogens (tertiary/aromatic N) is 3. The molecule has 0 fully saturated rings. The van der Waals surface area contributed by atoms with Crippen LogP contribution < -0.4 is 9.80 Å². The Labute approximate surface area is 188 Å². The average molecular weight is 422 g/mol. The maximum Gasteiger partial charge on any atom is 0.168 e. The van der Waals surface area contributed by atoms with Gasteiger partial charge in [0.25, 0.3) is 0 Å². The van der Waals surface area contributed by atoms with Gasteiger partial charge < -0.3 is 9.80 Å². The smallest absolute Gasteiger partial charge is 0.168 e. The molecule has 4 heteroatoms. The Morgan fingerprint density at radius 3 is 1.65 bits per heavy atom. The van der Waals surface area contributed by atoms with E-state index in [1.807, 2.05) is 64.6 Å². The quantitative estimate of drug-likeness (QED) is 0.413. The third-order valence-corrected chi connectivity index (χ3v) is 5.75. The summed E-state index contributed by atoms with van der Waals surface area (Å²) >= 11 is 1.60. The molecule has 152 valence electrons. The van der Waals surface area contributed by atoms with Crippen LogP contribution in [0.3, 0.4) is 0 Å². The van der Waals surface area contributed by atoms with Crippen molar-refractivity contribution in [2.75, 3.05) is 38.0 Å². The number of aromatic nitrogens is 1. The molecule has 0 atom stereocenters. The summed E-state index contributed by atoms with van der Waals surface area (Å²) in [5, 5.41) is 0.816. The summed E-state index contributed by atoms with van der Waals surface area (Å²) < 4.78 is 1.10. The Hall–Kier alpha value is -3.73. The number of benzene rings is 3. The highest BCUT2D eigenvalue weighted by Gasteiger charge is 2.02. The number of fused-ring (bicyclic) bond motifs is 1. The lowest BCUT2D eigenvalue weighted by atomic mass is 10.1. The van der Waals surface area contributed by atoms with Crippen LogP contribution in [0.4, 0.5) is 11.4 Å². The number of thiazole rings is 1. The van der Waals surface area contributed by atoms with Crippen molar-refractivity contribution in [2.45, 2.75) is 0 Å². The number of anilines is 2. The minimum Gasteiger partial charge on any atom is -0.378 e. The molecule has 4 aromatic rings. The van der Waals surface area contributed by atoms with E-state index in [0.717, 1.165) is 37.6 Å². The van der Waals surface area contributed by atoms with Gasteiger partial charge in [0.1, 0.15) is 0 Å². The first-order chi connectivity index (χ1) is 15.0. The fourth-order valence-corrected chi connectivity index (χ4v) is 3.87. The van der Waals surface area contributed by atoms with Crippen LogP contribution in [0.15, 0.2) is 66.7 Å². The van der Waals surface area contributed by atoms with Crippen LogP contribution in [-0.2, 0) is 0 Å². The van der Waals surface area contributed by atoms with Crippen molar-refractivity contribution in [1.29, 1.82) is 0 Å². The lowest BCUT2D eigenvalue weighted by Crippen LogP contribution is -2.07. The zero-order chi connectivity index (χ0) is 21.8. The van der Waals surface area contributed by atoms with Crippen molar-refractivity contribution >= 4 is 32.9 Å². The summed E-state index contributed by atoms with van der Waals surface area (Å²) in [4.78, 5) is 8.79. The van der Waals surface area contributed by atoms with Gasteiger partial charge in [0.05, 0.1) is 10.2 Å². The Balaban J connectivity index is 1.53.